The van der Waals surface area contributed by atoms with E-state index in [1.165, 1.54) is 5.69 Å². The Kier molecular flexibility index (Phi) is 4.84. The summed E-state index contributed by atoms with van der Waals surface area (Å²) in [4.78, 5) is 23.8. The number of carboxylic acids is 2. The number of rotatable bonds is 2. The molecular weight excluding hydrogens is 312 g/mol. The van der Waals surface area contributed by atoms with Gasteiger partial charge in [-0.3, -0.25) is 4.90 Å². The number of aromatic hydroxyl groups is 1. The summed E-state index contributed by atoms with van der Waals surface area (Å²) in [7, 11) is 4.28. The quantitative estimate of drug-likeness (QED) is 0.704. The zero-order valence-electron chi connectivity index (χ0n) is 13.9. The molecule has 7 heteroatoms. The highest BCUT2D eigenvalue weighted by atomic mass is 16.4. The molecule has 0 spiro atoms. The first-order chi connectivity index (χ1) is 11.2. The van der Waals surface area contributed by atoms with Gasteiger partial charge in [0.15, 0.2) is 0 Å². The highest BCUT2D eigenvalue weighted by molar-refractivity contribution is 5.89. The summed E-state index contributed by atoms with van der Waals surface area (Å²) in [5, 5.41) is 25.7. The van der Waals surface area contributed by atoms with Crippen molar-refractivity contribution in [3.8, 4) is 5.75 Å². The van der Waals surface area contributed by atoms with Crippen LogP contribution in [0, 0.1) is 0 Å². The predicted octanol–water partition coefficient (Wildman–Crippen LogP) is 1.47. The van der Waals surface area contributed by atoms with Gasteiger partial charge in [-0.15, -0.1) is 0 Å². The second kappa shape index (κ2) is 6.52. The van der Waals surface area contributed by atoms with Crippen LogP contribution in [-0.4, -0.2) is 59.0 Å². The van der Waals surface area contributed by atoms with E-state index in [9.17, 15) is 14.7 Å². The third-order valence-corrected chi connectivity index (χ3v) is 4.68. The highest BCUT2D eigenvalue weighted by Gasteiger charge is 2.53. The van der Waals surface area contributed by atoms with Crippen LogP contribution in [0.25, 0.3) is 0 Å². The van der Waals surface area contributed by atoms with E-state index in [4.69, 9.17) is 10.2 Å². The fraction of sp³-hybridized carbons (Fsp3) is 0.412. The van der Waals surface area contributed by atoms with Gasteiger partial charge in [-0.2, -0.15) is 0 Å². The minimum Gasteiger partial charge on any atom is -0.508 e. The van der Waals surface area contributed by atoms with Gasteiger partial charge in [0.25, 0.3) is 0 Å². The third-order valence-electron chi connectivity index (χ3n) is 4.68. The molecule has 1 aromatic rings. The van der Waals surface area contributed by atoms with E-state index in [2.05, 4.69) is 36.9 Å². The van der Waals surface area contributed by atoms with Gasteiger partial charge in [0, 0.05) is 42.4 Å². The maximum Gasteiger partial charge on any atom is 0.328 e. The molecule has 1 fully saturated rings. The summed E-state index contributed by atoms with van der Waals surface area (Å²) in [5.41, 5.74) is 2.38. The predicted molar refractivity (Wildman–Crippen MR) is 89.3 cm³/mol. The van der Waals surface area contributed by atoms with Gasteiger partial charge in [-0.05, 0) is 25.6 Å². The Morgan fingerprint density at radius 2 is 1.79 bits per heavy atom. The molecule has 1 aromatic carbocycles. The number of anilines is 1. The van der Waals surface area contributed by atoms with E-state index < -0.39 is 11.9 Å². The number of likely N-dealkylation sites (N-methyl/N-ethyl adjacent to an activating group) is 2. The molecule has 0 unspecified atom stereocenters. The van der Waals surface area contributed by atoms with E-state index in [1.54, 1.807) is 6.07 Å². The molecule has 3 N–H and O–H groups in total. The molecule has 0 radical (unpaired) electrons. The summed E-state index contributed by atoms with van der Waals surface area (Å²) in [6.07, 6.45) is 2.61. The number of aliphatic carboxylic acids is 2. The van der Waals surface area contributed by atoms with Crippen LogP contribution in [0.4, 0.5) is 5.69 Å². The van der Waals surface area contributed by atoms with Crippen molar-refractivity contribution in [2.45, 2.75) is 24.9 Å². The van der Waals surface area contributed by atoms with Crippen LogP contribution in [0.15, 0.2) is 30.4 Å². The lowest BCUT2D eigenvalue weighted by Crippen LogP contribution is -2.45. The molecule has 2 aliphatic heterocycles. The molecule has 2 aliphatic rings. The Labute approximate surface area is 140 Å². The second-order valence-corrected chi connectivity index (χ2v) is 6.31. The van der Waals surface area contributed by atoms with Gasteiger partial charge in [0.2, 0.25) is 0 Å². The van der Waals surface area contributed by atoms with Crippen LogP contribution >= 0.6 is 0 Å². The van der Waals surface area contributed by atoms with E-state index in [-0.39, 0.29) is 5.41 Å². The van der Waals surface area contributed by atoms with E-state index in [1.807, 2.05) is 6.07 Å². The van der Waals surface area contributed by atoms with Gasteiger partial charge in [-0.25, -0.2) is 9.59 Å². The average molecular weight is 334 g/mol. The zero-order chi connectivity index (χ0) is 18.1. The van der Waals surface area contributed by atoms with Gasteiger partial charge >= 0.3 is 11.9 Å². The van der Waals surface area contributed by atoms with Crippen molar-refractivity contribution >= 4 is 17.6 Å². The third kappa shape index (κ3) is 3.07. The fourth-order valence-corrected chi connectivity index (χ4v) is 3.81. The van der Waals surface area contributed by atoms with E-state index >= 15 is 0 Å². The number of hydrogen-bond donors (Lipinski definition) is 3. The average Bonchev–Trinajstić information content (AvgIpc) is 2.92. The van der Waals surface area contributed by atoms with Gasteiger partial charge in [-0.1, -0.05) is 13.0 Å². The molecule has 0 amide bonds. The van der Waals surface area contributed by atoms with Crippen molar-refractivity contribution < 1.29 is 24.9 Å². The standard InChI is InChI=1S/C13H18N2O.C4H4O4/c1-13-7-8-14(2)12(13)15(3)9-5-4-6-10(16)11(9)13;5-3(6)1-2-4(7)8/h4-6,12,16H,7-8H2,1-3H3;1-2H,(H,5,6)(H,7,8)/b;2-1+/t12-,13+;/m1./s1. The minimum atomic E-state index is -1.26. The first kappa shape index (κ1) is 17.8. The minimum absolute atomic E-state index is 0.0736. The molecular formula is C17H22N2O5. The number of fused-ring (bicyclic) bond motifs is 3. The summed E-state index contributed by atoms with van der Waals surface area (Å²) in [5.74, 6) is -2.07. The van der Waals surface area contributed by atoms with Crippen LogP contribution < -0.4 is 4.90 Å². The molecule has 0 aromatic heterocycles. The number of phenols is 1. The summed E-state index contributed by atoms with van der Waals surface area (Å²) >= 11 is 0. The molecule has 0 aliphatic carbocycles. The number of hydrogen-bond acceptors (Lipinski definition) is 5. The Hall–Kier alpha value is -2.54. The van der Waals surface area contributed by atoms with Crippen molar-refractivity contribution in [1.82, 2.24) is 4.90 Å². The Bertz CT molecular complexity index is 672. The van der Waals surface area contributed by atoms with Crippen molar-refractivity contribution in [2.75, 3.05) is 25.5 Å². The molecule has 2 heterocycles. The number of benzene rings is 1. The van der Waals surface area contributed by atoms with E-state index in [0.29, 0.717) is 24.1 Å². The summed E-state index contributed by atoms with van der Waals surface area (Å²) in [6.45, 7) is 3.36. The molecule has 0 bridgehead atoms. The molecule has 130 valence electrons. The SMILES string of the molecule is CN1CC[C@@]2(C)c3c(O)cccc3N(C)[C@@H]12.O=C(O)/C=C/C(=O)O. The lowest BCUT2D eigenvalue weighted by atomic mass is 9.81. The Balaban J connectivity index is 0.000000224. The molecule has 24 heavy (non-hydrogen) atoms. The van der Waals surface area contributed by atoms with Crippen LogP contribution in [-0.2, 0) is 15.0 Å². The number of carboxylic acid groups (broad SMARTS) is 2. The summed E-state index contributed by atoms with van der Waals surface area (Å²) in [6, 6.07) is 5.83. The molecule has 7 nitrogen and oxygen atoms in total. The number of phenolic OH excluding ortho intramolecular Hbond substituents is 1. The molecule has 1 saturated heterocycles. The smallest absolute Gasteiger partial charge is 0.328 e. The summed E-state index contributed by atoms with van der Waals surface area (Å²) < 4.78 is 0. The zero-order valence-corrected chi connectivity index (χ0v) is 13.9. The molecule has 3 rings (SSSR count). The normalized spacial score (nSPS) is 25.1. The number of nitrogens with zero attached hydrogens (tertiary/aromatic N) is 2. The fourth-order valence-electron chi connectivity index (χ4n) is 3.81. The van der Waals surface area contributed by atoms with Crippen molar-refractivity contribution in [2.24, 2.45) is 0 Å². The lowest BCUT2D eigenvalue weighted by Gasteiger charge is -2.32. The first-order valence-electron chi connectivity index (χ1n) is 7.58. The van der Waals surface area contributed by atoms with Crippen LogP contribution in [0.2, 0.25) is 0 Å². The Morgan fingerprint density at radius 3 is 2.33 bits per heavy atom. The van der Waals surface area contributed by atoms with E-state index in [0.717, 1.165) is 18.5 Å². The maximum absolute atomic E-state index is 10.1. The van der Waals surface area contributed by atoms with Crippen LogP contribution in [0.3, 0.4) is 0 Å². The topological polar surface area (TPSA) is 101 Å². The molecule has 2 atom stereocenters. The number of carbonyl (C=O) groups is 2. The second-order valence-electron chi connectivity index (χ2n) is 6.31. The van der Waals surface area contributed by atoms with Gasteiger partial charge in [0.05, 0.1) is 6.17 Å². The van der Waals surface area contributed by atoms with Crippen molar-refractivity contribution in [1.29, 1.82) is 0 Å². The highest BCUT2D eigenvalue weighted by Crippen LogP contribution is 2.53. The van der Waals surface area contributed by atoms with Crippen LogP contribution in [0.1, 0.15) is 18.9 Å². The van der Waals surface area contributed by atoms with Crippen LogP contribution in [0.5, 0.6) is 5.75 Å². The van der Waals surface area contributed by atoms with Crippen molar-refractivity contribution in [3.05, 3.63) is 35.9 Å². The monoisotopic (exact) mass is 334 g/mol. The maximum atomic E-state index is 10.1. The largest absolute Gasteiger partial charge is 0.508 e. The number of likely N-dealkylation sites (tertiary alicyclic amines) is 1. The Morgan fingerprint density at radius 1 is 1.21 bits per heavy atom. The lowest BCUT2D eigenvalue weighted by molar-refractivity contribution is -0.134. The van der Waals surface area contributed by atoms with Gasteiger partial charge in [0.1, 0.15) is 5.75 Å². The van der Waals surface area contributed by atoms with Gasteiger partial charge < -0.3 is 20.2 Å². The first-order valence-corrected chi connectivity index (χ1v) is 7.58. The van der Waals surface area contributed by atoms with Crippen molar-refractivity contribution in [3.63, 3.8) is 0 Å². The molecule has 0 saturated carbocycles.